The fraction of sp³-hybridized carbons (Fsp3) is 0.400. The second-order valence-corrected chi connectivity index (χ2v) is 7.72. The second kappa shape index (κ2) is 7.99. The molecule has 0 radical (unpaired) electrons. The van der Waals surface area contributed by atoms with Gasteiger partial charge in [0.25, 0.3) is 0 Å². The predicted octanol–water partition coefficient (Wildman–Crippen LogP) is 4.60. The Balaban J connectivity index is 1.93. The van der Waals surface area contributed by atoms with Crippen molar-refractivity contribution in [3.63, 3.8) is 0 Å². The van der Waals surface area contributed by atoms with Crippen molar-refractivity contribution in [2.75, 3.05) is 13.2 Å². The Morgan fingerprint density at radius 2 is 1.23 bits per heavy atom. The summed E-state index contributed by atoms with van der Waals surface area (Å²) in [6, 6.07) is 6.37. The van der Waals surface area contributed by atoms with Gasteiger partial charge in [-0.25, -0.2) is 4.21 Å². The number of fused-ring (bicyclic) bond motifs is 3. The quantitative estimate of drug-likeness (QED) is 0.562. The highest BCUT2D eigenvalue weighted by Crippen LogP contribution is 2.48. The van der Waals surface area contributed by atoms with Crippen molar-refractivity contribution in [3.8, 4) is 34.1 Å². The summed E-state index contributed by atoms with van der Waals surface area (Å²) in [7, 11) is -1.41. The molecule has 0 aliphatic carbocycles. The van der Waals surface area contributed by atoms with Crippen LogP contribution in [0.2, 0.25) is 0 Å². The van der Waals surface area contributed by atoms with E-state index in [4.69, 9.17) is 9.47 Å². The van der Waals surface area contributed by atoms with E-state index in [0.717, 1.165) is 25.7 Å². The third kappa shape index (κ3) is 3.51. The molecule has 2 aromatic carbocycles. The number of hydrogen-bond donors (Lipinski definition) is 2. The van der Waals surface area contributed by atoms with Gasteiger partial charge in [-0.05, 0) is 25.0 Å². The Morgan fingerprint density at radius 1 is 0.808 bits per heavy atom. The number of phenols is 2. The molecule has 26 heavy (non-hydrogen) atoms. The fourth-order valence-electron chi connectivity index (χ4n) is 2.83. The molecule has 0 aromatic heterocycles. The Hall–Kier alpha value is -2.21. The Bertz CT molecular complexity index is 764. The maximum Gasteiger partial charge on any atom is 0.162 e. The summed E-state index contributed by atoms with van der Waals surface area (Å²) in [5, 5.41) is 20.5. The predicted molar refractivity (Wildman–Crippen MR) is 101 cm³/mol. The van der Waals surface area contributed by atoms with E-state index >= 15 is 0 Å². The first-order valence-corrected chi connectivity index (χ1v) is 10.1. The van der Waals surface area contributed by atoms with Gasteiger partial charge in [0, 0.05) is 23.3 Å². The molecule has 140 valence electrons. The SMILES string of the molecule is CCCCOc1cc2c(cc1O)-c1cc(O)c(OCCCC)cc1S2=O. The van der Waals surface area contributed by atoms with Gasteiger partial charge in [0.2, 0.25) is 0 Å². The van der Waals surface area contributed by atoms with Crippen molar-refractivity contribution in [1.82, 2.24) is 0 Å². The molecule has 2 N–H and O–H groups in total. The van der Waals surface area contributed by atoms with Crippen LogP contribution in [0.5, 0.6) is 23.0 Å². The Labute approximate surface area is 156 Å². The summed E-state index contributed by atoms with van der Waals surface area (Å²) in [5.41, 5.74) is 1.29. The van der Waals surface area contributed by atoms with Crippen LogP contribution in [0.4, 0.5) is 0 Å². The highest BCUT2D eigenvalue weighted by Gasteiger charge is 2.29. The first kappa shape index (κ1) is 18.6. The molecule has 3 rings (SSSR count). The zero-order chi connectivity index (χ0) is 18.7. The van der Waals surface area contributed by atoms with Crippen LogP contribution in [0, 0.1) is 0 Å². The van der Waals surface area contributed by atoms with Gasteiger partial charge in [0.15, 0.2) is 23.0 Å². The smallest absolute Gasteiger partial charge is 0.162 e. The maximum atomic E-state index is 12.9. The molecule has 5 nitrogen and oxygen atoms in total. The van der Waals surface area contributed by atoms with E-state index < -0.39 is 10.8 Å². The van der Waals surface area contributed by atoms with Crippen molar-refractivity contribution >= 4 is 10.8 Å². The lowest BCUT2D eigenvalue weighted by Gasteiger charge is -2.10. The number of phenolic OH excluding ortho intramolecular Hbond substituents is 2. The lowest BCUT2D eigenvalue weighted by atomic mass is 10.0. The summed E-state index contributed by atoms with van der Waals surface area (Å²) in [5.74, 6) is 0.684. The van der Waals surface area contributed by atoms with Gasteiger partial charge in [-0.2, -0.15) is 0 Å². The summed E-state index contributed by atoms with van der Waals surface area (Å²) in [4.78, 5) is 1.16. The highest BCUT2D eigenvalue weighted by atomic mass is 32.2. The van der Waals surface area contributed by atoms with Crippen molar-refractivity contribution in [3.05, 3.63) is 24.3 Å². The van der Waals surface area contributed by atoms with Crippen LogP contribution in [-0.2, 0) is 10.8 Å². The van der Waals surface area contributed by atoms with Crippen LogP contribution in [-0.4, -0.2) is 27.6 Å². The standard InChI is InChI=1S/C20H24O5S/c1-3-5-7-24-17-11-19-13(9-15(17)21)14-10-16(22)18(25-8-6-4-2)12-20(14)26(19)23/h9-12,21-22H,3-8H2,1-2H3. The zero-order valence-electron chi connectivity index (χ0n) is 15.1. The first-order chi connectivity index (χ1) is 12.6. The van der Waals surface area contributed by atoms with Gasteiger partial charge in [-0.3, -0.25) is 0 Å². The van der Waals surface area contributed by atoms with E-state index in [1.54, 1.807) is 24.3 Å². The summed E-state index contributed by atoms with van der Waals surface area (Å²) >= 11 is 0. The third-order valence-electron chi connectivity index (χ3n) is 4.32. The largest absolute Gasteiger partial charge is 0.504 e. The maximum absolute atomic E-state index is 12.9. The number of rotatable bonds is 8. The normalized spacial score (nSPS) is 12.7. The van der Waals surface area contributed by atoms with E-state index in [-0.39, 0.29) is 11.5 Å². The van der Waals surface area contributed by atoms with Crippen molar-refractivity contribution in [2.24, 2.45) is 0 Å². The monoisotopic (exact) mass is 376 g/mol. The Kier molecular flexibility index (Phi) is 5.71. The molecule has 0 unspecified atom stereocenters. The lowest BCUT2D eigenvalue weighted by molar-refractivity contribution is 0.292. The van der Waals surface area contributed by atoms with Crippen LogP contribution < -0.4 is 9.47 Å². The van der Waals surface area contributed by atoms with Gasteiger partial charge in [-0.15, -0.1) is 0 Å². The van der Waals surface area contributed by atoms with Crippen LogP contribution in [0.1, 0.15) is 39.5 Å². The summed E-state index contributed by atoms with van der Waals surface area (Å²) in [6.45, 7) is 5.12. The molecule has 1 aliphatic heterocycles. The third-order valence-corrected chi connectivity index (χ3v) is 5.80. The number of unbranched alkanes of at least 4 members (excludes halogenated alkanes) is 2. The van der Waals surface area contributed by atoms with E-state index in [2.05, 4.69) is 13.8 Å². The zero-order valence-corrected chi connectivity index (χ0v) is 15.9. The van der Waals surface area contributed by atoms with Crippen LogP contribution in [0.3, 0.4) is 0 Å². The highest BCUT2D eigenvalue weighted by molar-refractivity contribution is 7.85. The van der Waals surface area contributed by atoms with Gasteiger partial charge in [0.1, 0.15) is 0 Å². The Morgan fingerprint density at radius 3 is 1.62 bits per heavy atom. The number of benzene rings is 2. The molecule has 1 heterocycles. The van der Waals surface area contributed by atoms with E-state index in [1.807, 2.05) is 0 Å². The molecule has 0 saturated heterocycles. The minimum absolute atomic E-state index is 0.00691. The average Bonchev–Trinajstić information content (AvgIpc) is 2.87. The molecule has 0 atom stereocenters. The average molecular weight is 376 g/mol. The van der Waals surface area contributed by atoms with Gasteiger partial charge < -0.3 is 19.7 Å². The van der Waals surface area contributed by atoms with Gasteiger partial charge in [0.05, 0.1) is 33.8 Å². The van der Waals surface area contributed by atoms with Gasteiger partial charge >= 0.3 is 0 Å². The van der Waals surface area contributed by atoms with E-state index in [1.165, 1.54) is 0 Å². The molecular formula is C20H24O5S. The van der Waals surface area contributed by atoms with Crippen LogP contribution in [0.25, 0.3) is 11.1 Å². The molecule has 0 spiro atoms. The summed E-state index contributed by atoms with van der Waals surface area (Å²) < 4.78 is 24.1. The summed E-state index contributed by atoms with van der Waals surface area (Å²) in [6.07, 6.45) is 3.74. The number of hydrogen-bond acceptors (Lipinski definition) is 5. The van der Waals surface area contributed by atoms with Crippen molar-refractivity contribution in [1.29, 1.82) is 0 Å². The minimum Gasteiger partial charge on any atom is -0.504 e. The molecule has 0 bridgehead atoms. The first-order valence-electron chi connectivity index (χ1n) is 8.98. The minimum atomic E-state index is -1.41. The van der Waals surface area contributed by atoms with Crippen molar-refractivity contribution < 1.29 is 23.9 Å². The topological polar surface area (TPSA) is 76.0 Å². The molecule has 6 heteroatoms. The molecule has 0 saturated carbocycles. The fourth-order valence-corrected chi connectivity index (χ4v) is 4.23. The van der Waals surface area contributed by atoms with E-state index in [0.29, 0.717) is 45.6 Å². The lowest BCUT2D eigenvalue weighted by Crippen LogP contribution is -1.98. The number of aromatic hydroxyl groups is 2. The van der Waals surface area contributed by atoms with Crippen LogP contribution >= 0.6 is 0 Å². The van der Waals surface area contributed by atoms with Gasteiger partial charge in [-0.1, -0.05) is 26.7 Å². The molecule has 0 fully saturated rings. The van der Waals surface area contributed by atoms with E-state index in [9.17, 15) is 14.4 Å². The molecular weight excluding hydrogens is 352 g/mol. The molecule has 1 aliphatic rings. The van der Waals surface area contributed by atoms with Crippen LogP contribution in [0.15, 0.2) is 34.1 Å². The molecule has 0 amide bonds. The number of ether oxygens (including phenoxy) is 2. The molecule has 2 aromatic rings. The second-order valence-electron chi connectivity index (χ2n) is 6.30. The van der Waals surface area contributed by atoms with Crippen molar-refractivity contribution in [2.45, 2.75) is 49.3 Å².